The number of aromatic nitrogens is 1. The van der Waals surface area contributed by atoms with E-state index >= 15 is 0 Å². The molecule has 1 N–H and O–H groups in total. The first kappa shape index (κ1) is 17.9. The van der Waals surface area contributed by atoms with Crippen LogP contribution in [-0.2, 0) is 0 Å². The van der Waals surface area contributed by atoms with Crippen LogP contribution in [0.15, 0.2) is 66.9 Å². The van der Waals surface area contributed by atoms with Gasteiger partial charge in [-0.25, -0.2) is 0 Å². The molecule has 1 aliphatic rings. The number of methoxy groups -OCH3 is 1. The highest BCUT2D eigenvalue weighted by Crippen LogP contribution is 2.37. The Morgan fingerprint density at radius 1 is 1.04 bits per heavy atom. The number of benzene rings is 2. The minimum absolute atomic E-state index is 0.0864. The molecule has 0 spiro atoms. The smallest absolute Gasteiger partial charge is 0.262 e. The number of carbonyl (C=O) groups is 1. The van der Waals surface area contributed by atoms with Gasteiger partial charge in [-0.3, -0.25) is 14.7 Å². The van der Waals surface area contributed by atoms with Crippen LogP contribution < -0.4 is 19.7 Å². The number of anilines is 2. The summed E-state index contributed by atoms with van der Waals surface area (Å²) in [6.45, 7) is 2.57. The molecule has 2 heterocycles. The molecule has 0 aliphatic carbocycles. The third kappa shape index (κ3) is 3.24. The second-order valence-corrected chi connectivity index (χ2v) is 6.31. The van der Waals surface area contributed by atoms with E-state index in [-0.39, 0.29) is 5.91 Å². The van der Waals surface area contributed by atoms with Gasteiger partial charge in [0, 0.05) is 17.6 Å². The zero-order chi connectivity index (χ0) is 19.5. The van der Waals surface area contributed by atoms with Crippen LogP contribution >= 0.6 is 0 Å². The molecular formula is C22H21N3O3. The highest BCUT2D eigenvalue weighted by Gasteiger charge is 2.38. The maximum Gasteiger partial charge on any atom is 0.262 e. The quantitative estimate of drug-likeness (QED) is 0.697. The van der Waals surface area contributed by atoms with Gasteiger partial charge in [-0.2, -0.15) is 0 Å². The van der Waals surface area contributed by atoms with Crippen molar-refractivity contribution in [2.75, 3.05) is 23.9 Å². The van der Waals surface area contributed by atoms with Crippen LogP contribution in [0.5, 0.6) is 11.5 Å². The Morgan fingerprint density at radius 3 is 2.43 bits per heavy atom. The predicted molar refractivity (Wildman–Crippen MR) is 108 cm³/mol. The standard InChI is InChI=1S/C22H21N3O3/c1-3-28-18-10-6-15(7-11-18)24-21-20-19(5-4-14-23-20)22(26)25(21)16-8-12-17(27-2)13-9-16/h4-14,21,24H,3H2,1-2H3/t21-/m1/s1. The van der Waals surface area contributed by atoms with E-state index < -0.39 is 6.17 Å². The van der Waals surface area contributed by atoms with E-state index in [1.807, 2.05) is 55.5 Å². The molecule has 3 aromatic rings. The van der Waals surface area contributed by atoms with Crippen LogP contribution in [-0.4, -0.2) is 24.6 Å². The Morgan fingerprint density at radius 2 is 1.75 bits per heavy atom. The van der Waals surface area contributed by atoms with E-state index in [2.05, 4.69) is 10.3 Å². The Labute approximate surface area is 163 Å². The second kappa shape index (κ2) is 7.60. The maximum absolute atomic E-state index is 13.1. The normalized spacial score (nSPS) is 15.3. The van der Waals surface area contributed by atoms with Crippen molar-refractivity contribution in [1.82, 2.24) is 4.98 Å². The van der Waals surface area contributed by atoms with Crippen molar-refractivity contribution in [3.05, 3.63) is 78.1 Å². The zero-order valence-corrected chi connectivity index (χ0v) is 15.8. The van der Waals surface area contributed by atoms with Gasteiger partial charge in [-0.1, -0.05) is 0 Å². The van der Waals surface area contributed by atoms with Crippen molar-refractivity contribution in [1.29, 1.82) is 0 Å². The number of hydrogen-bond acceptors (Lipinski definition) is 5. The van der Waals surface area contributed by atoms with Crippen molar-refractivity contribution in [2.45, 2.75) is 13.1 Å². The molecule has 0 saturated carbocycles. The summed E-state index contributed by atoms with van der Waals surface area (Å²) >= 11 is 0. The third-order valence-corrected chi connectivity index (χ3v) is 4.62. The molecule has 142 valence electrons. The fraction of sp³-hybridized carbons (Fsp3) is 0.182. The lowest BCUT2D eigenvalue weighted by Crippen LogP contribution is -2.32. The second-order valence-electron chi connectivity index (χ2n) is 6.31. The monoisotopic (exact) mass is 375 g/mol. The van der Waals surface area contributed by atoms with Crippen LogP contribution in [0.25, 0.3) is 0 Å². The first-order chi connectivity index (χ1) is 13.7. The topological polar surface area (TPSA) is 63.7 Å². The van der Waals surface area contributed by atoms with E-state index in [4.69, 9.17) is 9.47 Å². The number of amides is 1. The molecule has 0 unspecified atom stereocenters. The van der Waals surface area contributed by atoms with Crippen LogP contribution in [0.2, 0.25) is 0 Å². The summed E-state index contributed by atoms with van der Waals surface area (Å²) in [5.41, 5.74) is 2.95. The molecule has 2 aromatic carbocycles. The molecule has 28 heavy (non-hydrogen) atoms. The average Bonchev–Trinajstić information content (AvgIpc) is 3.02. The van der Waals surface area contributed by atoms with Gasteiger partial charge in [-0.15, -0.1) is 0 Å². The van der Waals surface area contributed by atoms with E-state index in [1.165, 1.54) is 0 Å². The Bertz CT molecular complexity index is 971. The SMILES string of the molecule is CCOc1ccc(N[C@H]2c3ncccc3C(=O)N2c2ccc(OC)cc2)cc1. The summed E-state index contributed by atoms with van der Waals surface area (Å²) < 4.78 is 10.7. The van der Waals surface area contributed by atoms with Gasteiger partial charge in [0.25, 0.3) is 5.91 Å². The van der Waals surface area contributed by atoms with Gasteiger partial charge in [-0.05, 0) is 67.6 Å². The summed E-state index contributed by atoms with van der Waals surface area (Å²) in [7, 11) is 1.62. The first-order valence-electron chi connectivity index (χ1n) is 9.13. The molecular weight excluding hydrogens is 354 g/mol. The predicted octanol–water partition coefficient (Wildman–Crippen LogP) is 4.26. The zero-order valence-electron chi connectivity index (χ0n) is 15.8. The van der Waals surface area contributed by atoms with E-state index in [1.54, 1.807) is 30.3 Å². The van der Waals surface area contributed by atoms with E-state index in [9.17, 15) is 4.79 Å². The molecule has 6 heteroatoms. The number of hydrogen-bond donors (Lipinski definition) is 1. The van der Waals surface area contributed by atoms with Crippen LogP contribution in [0.3, 0.4) is 0 Å². The third-order valence-electron chi connectivity index (χ3n) is 4.62. The van der Waals surface area contributed by atoms with Crippen LogP contribution in [0, 0.1) is 0 Å². The summed E-state index contributed by atoms with van der Waals surface area (Å²) in [4.78, 5) is 19.3. The Hall–Kier alpha value is -3.54. The number of fused-ring (bicyclic) bond motifs is 1. The fourth-order valence-corrected chi connectivity index (χ4v) is 3.30. The lowest BCUT2D eigenvalue weighted by atomic mass is 10.2. The molecule has 0 bridgehead atoms. The number of carbonyl (C=O) groups excluding carboxylic acids is 1. The molecule has 4 rings (SSSR count). The van der Waals surface area contributed by atoms with Crippen LogP contribution in [0.4, 0.5) is 11.4 Å². The van der Waals surface area contributed by atoms with Gasteiger partial charge < -0.3 is 14.8 Å². The summed E-state index contributed by atoms with van der Waals surface area (Å²) in [6.07, 6.45) is 1.30. The number of nitrogens with one attached hydrogen (secondary N) is 1. The number of rotatable bonds is 6. The van der Waals surface area contributed by atoms with Gasteiger partial charge in [0.15, 0.2) is 6.17 Å². The van der Waals surface area contributed by atoms with Crippen LogP contribution in [0.1, 0.15) is 29.1 Å². The maximum atomic E-state index is 13.1. The highest BCUT2D eigenvalue weighted by molar-refractivity contribution is 6.11. The van der Waals surface area contributed by atoms with Crippen molar-refractivity contribution in [3.8, 4) is 11.5 Å². The minimum atomic E-state index is -0.407. The lowest BCUT2D eigenvalue weighted by molar-refractivity contribution is 0.0993. The molecule has 6 nitrogen and oxygen atoms in total. The van der Waals surface area contributed by atoms with Crippen molar-refractivity contribution in [2.24, 2.45) is 0 Å². The molecule has 1 aromatic heterocycles. The number of pyridine rings is 1. The number of ether oxygens (including phenoxy) is 2. The molecule has 0 saturated heterocycles. The van der Waals surface area contributed by atoms with Gasteiger partial charge in [0.1, 0.15) is 11.5 Å². The Balaban J connectivity index is 1.68. The fourth-order valence-electron chi connectivity index (χ4n) is 3.30. The molecule has 0 radical (unpaired) electrons. The Kier molecular flexibility index (Phi) is 4.85. The molecule has 0 fully saturated rings. The number of nitrogens with zero attached hydrogens (tertiary/aromatic N) is 2. The first-order valence-corrected chi connectivity index (χ1v) is 9.13. The van der Waals surface area contributed by atoms with Crippen molar-refractivity contribution >= 4 is 17.3 Å². The summed E-state index contributed by atoms with van der Waals surface area (Å²) in [5.74, 6) is 1.46. The minimum Gasteiger partial charge on any atom is -0.497 e. The lowest BCUT2D eigenvalue weighted by Gasteiger charge is -2.26. The molecule has 1 atom stereocenters. The molecule has 1 amide bonds. The summed E-state index contributed by atoms with van der Waals surface area (Å²) in [6, 6.07) is 18.7. The van der Waals surface area contributed by atoms with E-state index in [0.717, 1.165) is 22.9 Å². The highest BCUT2D eigenvalue weighted by atomic mass is 16.5. The van der Waals surface area contributed by atoms with E-state index in [0.29, 0.717) is 17.9 Å². The summed E-state index contributed by atoms with van der Waals surface area (Å²) in [5, 5.41) is 3.43. The van der Waals surface area contributed by atoms with Crippen molar-refractivity contribution < 1.29 is 14.3 Å². The largest absolute Gasteiger partial charge is 0.497 e. The molecule has 1 aliphatic heterocycles. The van der Waals surface area contributed by atoms with Gasteiger partial charge in [0.05, 0.1) is 25.0 Å². The van der Waals surface area contributed by atoms with Gasteiger partial charge >= 0.3 is 0 Å². The van der Waals surface area contributed by atoms with Crippen molar-refractivity contribution in [3.63, 3.8) is 0 Å². The van der Waals surface area contributed by atoms with Gasteiger partial charge in [0.2, 0.25) is 0 Å². The average molecular weight is 375 g/mol.